The largest absolute Gasteiger partial charge is 0.465 e. The van der Waals surface area contributed by atoms with Gasteiger partial charge < -0.3 is 14.4 Å². The molecule has 0 N–H and O–H groups in total. The van der Waals surface area contributed by atoms with Crippen LogP contribution in [0.4, 0.5) is 4.79 Å². The summed E-state index contributed by atoms with van der Waals surface area (Å²) in [7, 11) is 0. The molecular formula is C12H19NO4. The number of cyclic esters (lactones) is 1. The Morgan fingerprint density at radius 2 is 2.00 bits per heavy atom. The van der Waals surface area contributed by atoms with Gasteiger partial charge >= 0.3 is 12.1 Å². The minimum atomic E-state index is -0.475. The summed E-state index contributed by atoms with van der Waals surface area (Å²) >= 11 is 0. The lowest BCUT2D eigenvalue weighted by Gasteiger charge is -2.24. The zero-order chi connectivity index (χ0) is 12.6. The Morgan fingerprint density at radius 3 is 2.65 bits per heavy atom. The molecule has 96 valence electrons. The van der Waals surface area contributed by atoms with Gasteiger partial charge in [0.25, 0.3) is 0 Å². The van der Waals surface area contributed by atoms with Crippen molar-refractivity contribution in [2.24, 2.45) is 11.8 Å². The summed E-state index contributed by atoms with van der Waals surface area (Å²) in [6, 6.07) is 0. The van der Waals surface area contributed by atoms with Crippen molar-refractivity contribution in [2.45, 2.75) is 32.8 Å². The van der Waals surface area contributed by atoms with Gasteiger partial charge in [-0.3, -0.25) is 4.79 Å². The van der Waals surface area contributed by atoms with Gasteiger partial charge in [-0.15, -0.1) is 0 Å². The van der Waals surface area contributed by atoms with Crippen LogP contribution < -0.4 is 0 Å². The first-order valence-electron chi connectivity index (χ1n) is 5.99. The van der Waals surface area contributed by atoms with E-state index in [0.29, 0.717) is 26.1 Å². The Hall–Kier alpha value is -1.26. The van der Waals surface area contributed by atoms with Crippen LogP contribution in [0.2, 0.25) is 0 Å². The third kappa shape index (κ3) is 2.90. The van der Waals surface area contributed by atoms with E-state index in [1.54, 1.807) is 4.90 Å². The second-order valence-electron chi connectivity index (χ2n) is 5.79. The molecule has 2 aliphatic heterocycles. The van der Waals surface area contributed by atoms with Crippen LogP contribution in [-0.4, -0.2) is 42.3 Å². The third-order valence-electron chi connectivity index (χ3n) is 3.12. The summed E-state index contributed by atoms with van der Waals surface area (Å²) in [5.74, 6) is 0.362. The second kappa shape index (κ2) is 4.20. The zero-order valence-electron chi connectivity index (χ0n) is 10.6. The first-order valence-corrected chi connectivity index (χ1v) is 5.99. The predicted octanol–water partition coefficient (Wildman–Crippen LogP) is 1.42. The quantitative estimate of drug-likeness (QED) is 0.602. The van der Waals surface area contributed by atoms with Crippen molar-refractivity contribution in [3.8, 4) is 0 Å². The fourth-order valence-corrected chi connectivity index (χ4v) is 2.31. The zero-order valence-corrected chi connectivity index (χ0v) is 10.6. The topological polar surface area (TPSA) is 55.8 Å². The SMILES string of the molecule is CC(C)(C)OC(=O)N1C[C@H]2CC(=O)OC[C@H]2C1. The number of carbonyl (C=O) groups is 2. The van der Waals surface area contributed by atoms with Crippen LogP contribution in [0.5, 0.6) is 0 Å². The molecule has 2 aliphatic rings. The van der Waals surface area contributed by atoms with Gasteiger partial charge in [-0.25, -0.2) is 4.79 Å². The fourth-order valence-electron chi connectivity index (χ4n) is 2.31. The summed E-state index contributed by atoms with van der Waals surface area (Å²) in [5, 5.41) is 0. The number of hydrogen-bond donors (Lipinski definition) is 0. The Kier molecular flexibility index (Phi) is 3.02. The van der Waals surface area contributed by atoms with Crippen molar-refractivity contribution < 1.29 is 19.1 Å². The highest BCUT2D eigenvalue weighted by molar-refractivity contribution is 5.72. The molecule has 0 radical (unpaired) electrons. The van der Waals surface area contributed by atoms with E-state index in [0.717, 1.165) is 0 Å². The van der Waals surface area contributed by atoms with E-state index in [1.807, 2.05) is 20.8 Å². The molecule has 2 fully saturated rings. The fraction of sp³-hybridized carbons (Fsp3) is 0.833. The minimum Gasteiger partial charge on any atom is -0.465 e. The Bertz CT molecular complexity index is 334. The van der Waals surface area contributed by atoms with Crippen molar-refractivity contribution >= 4 is 12.1 Å². The summed E-state index contributed by atoms with van der Waals surface area (Å²) < 4.78 is 10.3. The highest BCUT2D eigenvalue weighted by Crippen LogP contribution is 2.31. The van der Waals surface area contributed by atoms with Gasteiger partial charge in [0, 0.05) is 19.0 Å². The van der Waals surface area contributed by atoms with E-state index in [9.17, 15) is 9.59 Å². The summed E-state index contributed by atoms with van der Waals surface area (Å²) in [6.45, 7) is 7.21. The lowest BCUT2D eigenvalue weighted by atomic mass is 9.92. The van der Waals surface area contributed by atoms with Crippen molar-refractivity contribution in [1.29, 1.82) is 0 Å². The van der Waals surface area contributed by atoms with E-state index >= 15 is 0 Å². The highest BCUT2D eigenvalue weighted by Gasteiger charge is 2.41. The molecule has 0 spiro atoms. The van der Waals surface area contributed by atoms with Crippen LogP contribution >= 0.6 is 0 Å². The number of likely N-dealkylation sites (tertiary alicyclic amines) is 1. The Balaban J connectivity index is 1.93. The molecule has 5 nitrogen and oxygen atoms in total. The summed E-state index contributed by atoms with van der Waals surface area (Å²) in [5.41, 5.74) is -0.475. The summed E-state index contributed by atoms with van der Waals surface area (Å²) in [4.78, 5) is 24.7. The van der Waals surface area contributed by atoms with Gasteiger partial charge in [0.2, 0.25) is 0 Å². The van der Waals surface area contributed by atoms with Gasteiger partial charge in [0.15, 0.2) is 0 Å². The number of rotatable bonds is 0. The van der Waals surface area contributed by atoms with E-state index in [1.165, 1.54) is 0 Å². The van der Waals surface area contributed by atoms with Gasteiger partial charge in [-0.1, -0.05) is 0 Å². The number of ether oxygens (including phenoxy) is 2. The molecular weight excluding hydrogens is 222 g/mol. The van der Waals surface area contributed by atoms with Crippen LogP contribution in [0.1, 0.15) is 27.2 Å². The van der Waals surface area contributed by atoms with Crippen LogP contribution in [0.3, 0.4) is 0 Å². The molecule has 0 saturated carbocycles. The monoisotopic (exact) mass is 241 g/mol. The Labute approximate surface area is 101 Å². The van der Waals surface area contributed by atoms with Gasteiger partial charge in [-0.2, -0.15) is 0 Å². The number of esters is 1. The summed E-state index contributed by atoms with van der Waals surface area (Å²) in [6.07, 6.45) is 0.128. The van der Waals surface area contributed by atoms with Gasteiger partial charge in [-0.05, 0) is 26.7 Å². The normalized spacial score (nSPS) is 28.6. The van der Waals surface area contributed by atoms with E-state index in [4.69, 9.17) is 9.47 Å². The number of fused-ring (bicyclic) bond motifs is 1. The average Bonchev–Trinajstić information content (AvgIpc) is 2.57. The molecule has 17 heavy (non-hydrogen) atoms. The maximum atomic E-state index is 11.9. The molecule has 0 aromatic heterocycles. The molecule has 5 heteroatoms. The molecule has 0 aromatic rings. The molecule has 2 atom stereocenters. The van der Waals surface area contributed by atoms with Crippen LogP contribution in [0.15, 0.2) is 0 Å². The maximum Gasteiger partial charge on any atom is 0.410 e. The maximum absolute atomic E-state index is 11.9. The third-order valence-corrected chi connectivity index (χ3v) is 3.12. The van der Waals surface area contributed by atoms with Crippen LogP contribution in [0.25, 0.3) is 0 Å². The van der Waals surface area contributed by atoms with Crippen molar-refractivity contribution in [2.75, 3.05) is 19.7 Å². The highest BCUT2D eigenvalue weighted by atomic mass is 16.6. The number of amides is 1. The first-order chi connectivity index (χ1) is 7.85. The molecule has 2 heterocycles. The van der Waals surface area contributed by atoms with Gasteiger partial charge in [0.1, 0.15) is 5.60 Å². The molecule has 1 amide bonds. The van der Waals surface area contributed by atoms with Crippen LogP contribution in [-0.2, 0) is 14.3 Å². The second-order valence-corrected chi connectivity index (χ2v) is 5.79. The van der Waals surface area contributed by atoms with Crippen molar-refractivity contribution in [3.63, 3.8) is 0 Å². The number of nitrogens with zero attached hydrogens (tertiary/aromatic N) is 1. The first kappa shape index (κ1) is 12.2. The lowest BCUT2D eigenvalue weighted by molar-refractivity contribution is -0.151. The van der Waals surface area contributed by atoms with Crippen molar-refractivity contribution in [1.82, 2.24) is 4.90 Å². The molecule has 0 unspecified atom stereocenters. The van der Waals surface area contributed by atoms with Crippen molar-refractivity contribution in [3.05, 3.63) is 0 Å². The standard InChI is InChI=1S/C12H19NO4/c1-12(2,3)17-11(15)13-5-8-4-10(14)16-7-9(8)6-13/h8-9H,4-7H2,1-3H3/t8-,9-/m1/s1. The molecule has 0 aromatic carbocycles. The lowest BCUT2D eigenvalue weighted by Crippen LogP contribution is -2.35. The molecule has 2 rings (SSSR count). The average molecular weight is 241 g/mol. The van der Waals surface area contributed by atoms with E-state index < -0.39 is 5.60 Å². The Morgan fingerprint density at radius 1 is 1.35 bits per heavy atom. The number of carbonyl (C=O) groups excluding carboxylic acids is 2. The molecule has 0 aliphatic carbocycles. The smallest absolute Gasteiger partial charge is 0.410 e. The van der Waals surface area contributed by atoms with E-state index in [-0.39, 0.29) is 23.9 Å². The van der Waals surface area contributed by atoms with Crippen LogP contribution in [0, 0.1) is 11.8 Å². The molecule has 0 bridgehead atoms. The minimum absolute atomic E-state index is 0.155. The van der Waals surface area contributed by atoms with Gasteiger partial charge in [0.05, 0.1) is 13.0 Å². The molecule has 2 saturated heterocycles. The van der Waals surface area contributed by atoms with E-state index in [2.05, 4.69) is 0 Å². The predicted molar refractivity (Wildman–Crippen MR) is 60.4 cm³/mol. The number of hydrogen-bond acceptors (Lipinski definition) is 4.